The topological polar surface area (TPSA) is 3.24 Å². The first-order valence-electron chi connectivity index (χ1n) is 17.2. The number of fused-ring (bicyclic) bond motifs is 6. The van der Waals surface area contributed by atoms with Gasteiger partial charge < -0.3 is 4.90 Å². The Labute approximate surface area is 304 Å². The normalized spacial score (nSPS) is 11.5. The monoisotopic (exact) mass is 685 g/mol. The number of nitrogens with zero attached hydrogens (tertiary/aromatic N) is 1. The van der Waals surface area contributed by atoms with E-state index in [1.54, 1.807) is 0 Å². The third-order valence-corrected chi connectivity index (χ3v) is 12.2. The Hall–Kier alpha value is -6.00. The lowest BCUT2D eigenvalue weighted by Gasteiger charge is -2.27. The van der Waals surface area contributed by atoms with Crippen molar-refractivity contribution >= 4 is 80.1 Å². The molecule has 240 valence electrons. The largest absolute Gasteiger partial charge is 0.310 e. The highest BCUT2D eigenvalue weighted by atomic mass is 32.1. The Morgan fingerprint density at radius 3 is 1.59 bits per heavy atom. The van der Waals surface area contributed by atoms with Gasteiger partial charge in [0.05, 0.1) is 0 Å². The van der Waals surface area contributed by atoms with E-state index in [4.69, 9.17) is 0 Å². The minimum atomic E-state index is 1.12. The zero-order valence-corrected chi connectivity index (χ0v) is 29.3. The fraction of sp³-hybridized carbons (Fsp3) is 0. The van der Waals surface area contributed by atoms with Gasteiger partial charge in [-0.2, -0.15) is 0 Å². The zero-order chi connectivity index (χ0) is 33.7. The summed E-state index contributed by atoms with van der Waals surface area (Å²) >= 11 is 3.74. The first kappa shape index (κ1) is 29.9. The SMILES string of the molecule is c1ccc(-c2ccc(N(c3cc(-c4ccccc4)cc(-c4cccc5c4sc4ccccc45)c3)c3ccc4c(c3)sc3ccccc34)cc2)cc1. The molecule has 0 radical (unpaired) electrons. The van der Waals surface area contributed by atoms with E-state index in [2.05, 4.69) is 193 Å². The van der Waals surface area contributed by atoms with Gasteiger partial charge in [-0.25, -0.2) is 0 Å². The van der Waals surface area contributed by atoms with Crippen LogP contribution in [0, 0.1) is 0 Å². The van der Waals surface area contributed by atoms with E-state index in [-0.39, 0.29) is 0 Å². The van der Waals surface area contributed by atoms with E-state index in [9.17, 15) is 0 Å². The van der Waals surface area contributed by atoms with Crippen molar-refractivity contribution in [1.82, 2.24) is 0 Å². The summed E-state index contributed by atoms with van der Waals surface area (Å²) in [5, 5.41) is 5.24. The Morgan fingerprint density at radius 2 is 0.843 bits per heavy atom. The number of hydrogen-bond acceptors (Lipinski definition) is 3. The van der Waals surface area contributed by atoms with Gasteiger partial charge in [-0.05, 0) is 88.0 Å². The van der Waals surface area contributed by atoms with E-state index < -0.39 is 0 Å². The van der Waals surface area contributed by atoms with Gasteiger partial charge in [-0.15, -0.1) is 22.7 Å². The highest BCUT2D eigenvalue weighted by Crippen LogP contribution is 2.45. The second kappa shape index (κ2) is 12.4. The summed E-state index contributed by atoms with van der Waals surface area (Å²) in [5.74, 6) is 0. The van der Waals surface area contributed by atoms with Crippen LogP contribution in [-0.2, 0) is 0 Å². The summed E-state index contributed by atoms with van der Waals surface area (Å²) in [6.07, 6.45) is 0. The molecule has 0 N–H and O–H groups in total. The van der Waals surface area contributed by atoms with Gasteiger partial charge in [0.2, 0.25) is 0 Å². The summed E-state index contributed by atoms with van der Waals surface area (Å²) < 4.78 is 5.23. The standard InChI is InChI=1S/C48H31NS2/c1-3-12-32(13-4-1)34-22-24-37(25-23-34)49(38-26-27-43-41-16-7-9-20-45(41)50-47(43)31-38)39-29-35(33-14-5-2-6-15-33)28-36(30-39)40-18-11-19-44-42-17-8-10-21-46(42)51-48(40)44/h1-31H. The molecule has 0 bridgehead atoms. The summed E-state index contributed by atoms with van der Waals surface area (Å²) in [5.41, 5.74) is 10.6. The van der Waals surface area contributed by atoms with Crippen LogP contribution in [0.4, 0.5) is 17.1 Å². The van der Waals surface area contributed by atoms with Crippen molar-refractivity contribution in [3.63, 3.8) is 0 Å². The highest BCUT2D eigenvalue weighted by molar-refractivity contribution is 7.26. The highest BCUT2D eigenvalue weighted by Gasteiger charge is 2.19. The van der Waals surface area contributed by atoms with Crippen molar-refractivity contribution in [1.29, 1.82) is 0 Å². The van der Waals surface area contributed by atoms with Crippen molar-refractivity contribution in [3.05, 3.63) is 188 Å². The lowest BCUT2D eigenvalue weighted by atomic mass is 9.96. The number of rotatable bonds is 6. The van der Waals surface area contributed by atoms with Crippen molar-refractivity contribution in [3.8, 4) is 33.4 Å². The van der Waals surface area contributed by atoms with Gasteiger partial charge in [0.25, 0.3) is 0 Å². The van der Waals surface area contributed by atoms with Crippen molar-refractivity contribution in [2.75, 3.05) is 4.90 Å². The van der Waals surface area contributed by atoms with Crippen LogP contribution in [0.15, 0.2) is 188 Å². The van der Waals surface area contributed by atoms with Crippen LogP contribution < -0.4 is 4.90 Å². The number of hydrogen-bond donors (Lipinski definition) is 0. The lowest BCUT2D eigenvalue weighted by molar-refractivity contribution is 1.29. The molecule has 51 heavy (non-hydrogen) atoms. The van der Waals surface area contributed by atoms with Crippen LogP contribution in [0.5, 0.6) is 0 Å². The molecule has 1 nitrogen and oxygen atoms in total. The summed E-state index contributed by atoms with van der Waals surface area (Å²) in [7, 11) is 0. The number of benzene rings is 8. The minimum absolute atomic E-state index is 1.12. The molecule has 0 fully saturated rings. The van der Waals surface area contributed by atoms with Crippen LogP contribution in [-0.4, -0.2) is 0 Å². The molecule has 3 heteroatoms. The Morgan fingerprint density at radius 1 is 0.294 bits per heavy atom. The maximum atomic E-state index is 2.43. The summed E-state index contributed by atoms with van der Waals surface area (Å²) in [6, 6.07) is 68.7. The number of anilines is 3. The Kier molecular flexibility index (Phi) is 7.26. The summed E-state index contributed by atoms with van der Waals surface area (Å²) in [6.45, 7) is 0. The van der Waals surface area contributed by atoms with Gasteiger partial charge in [0.15, 0.2) is 0 Å². The Bertz CT molecular complexity index is 2850. The molecule has 2 aromatic heterocycles. The molecule has 0 saturated carbocycles. The molecule has 2 heterocycles. The predicted molar refractivity (Wildman–Crippen MR) is 223 cm³/mol. The maximum absolute atomic E-state index is 2.43. The molecule has 0 spiro atoms. The van der Waals surface area contributed by atoms with E-state index in [1.807, 2.05) is 22.7 Å². The van der Waals surface area contributed by atoms with Crippen molar-refractivity contribution in [2.24, 2.45) is 0 Å². The third kappa shape index (κ3) is 5.30. The number of thiophene rings is 2. The van der Waals surface area contributed by atoms with E-state index in [1.165, 1.54) is 73.7 Å². The summed E-state index contributed by atoms with van der Waals surface area (Å²) in [4.78, 5) is 2.43. The van der Waals surface area contributed by atoms with Gasteiger partial charge >= 0.3 is 0 Å². The van der Waals surface area contributed by atoms with Crippen LogP contribution in [0.1, 0.15) is 0 Å². The van der Waals surface area contributed by atoms with Crippen LogP contribution in [0.2, 0.25) is 0 Å². The third-order valence-electron chi connectivity index (χ3n) is 9.85. The predicted octanol–water partition coefficient (Wildman–Crippen LogP) is 14.9. The Balaban J connectivity index is 1.21. The smallest absolute Gasteiger partial charge is 0.0476 e. The van der Waals surface area contributed by atoms with Gasteiger partial charge in [-0.1, -0.05) is 133 Å². The molecule has 0 unspecified atom stereocenters. The molecule has 10 rings (SSSR count). The van der Waals surface area contributed by atoms with E-state index in [0.29, 0.717) is 0 Å². The zero-order valence-electron chi connectivity index (χ0n) is 27.7. The van der Waals surface area contributed by atoms with Gasteiger partial charge in [0, 0.05) is 57.4 Å². The molecule has 0 aliphatic carbocycles. The maximum Gasteiger partial charge on any atom is 0.0476 e. The molecular weight excluding hydrogens is 655 g/mol. The second-order valence-corrected chi connectivity index (χ2v) is 15.1. The molecule has 0 aliphatic heterocycles. The van der Waals surface area contributed by atoms with E-state index in [0.717, 1.165) is 17.1 Å². The van der Waals surface area contributed by atoms with Gasteiger partial charge in [-0.3, -0.25) is 0 Å². The molecule has 0 aliphatic rings. The molecule has 0 amide bonds. The lowest BCUT2D eigenvalue weighted by Crippen LogP contribution is -2.10. The molecule has 10 aromatic rings. The molecule has 8 aromatic carbocycles. The van der Waals surface area contributed by atoms with Crippen LogP contribution in [0.3, 0.4) is 0 Å². The van der Waals surface area contributed by atoms with Crippen molar-refractivity contribution < 1.29 is 0 Å². The molecule has 0 atom stereocenters. The molecule has 0 saturated heterocycles. The first-order chi connectivity index (χ1) is 25.3. The first-order valence-corrected chi connectivity index (χ1v) is 18.9. The average molecular weight is 686 g/mol. The quantitative estimate of drug-likeness (QED) is 0.168. The van der Waals surface area contributed by atoms with Gasteiger partial charge in [0.1, 0.15) is 0 Å². The minimum Gasteiger partial charge on any atom is -0.310 e. The average Bonchev–Trinajstić information content (AvgIpc) is 3.77. The fourth-order valence-electron chi connectivity index (χ4n) is 7.40. The molecular formula is C48H31NS2. The van der Waals surface area contributed by atoms with E-state index >= 15 is 0 Å². The van der Waals surface area contributed by atoms with Crippen LogP contribution >= 0.6 is 22.7 Å². The van der Waals surface area contributed by atoms with Crippen molar-refractivity contribution in [2.45, 2.75) is 0 Å². The second-order valence-electron chi connectivity index (χ2n) is 12.9. The van der Waals surface area contributed by atoms with Crippen LogP contribution in [0.25, 0.3) is 73.7 Å². The fourth-order valence-corrected chi connectivity index (χ4v) is 9.78.